The Bertz CT molecular complexity index is 474. The van der Waals surface area contributed by atoms with Gasteiger partial charge in [-0.15, -0.1) is 0 Å². The molecule has 0 unspecified atom stereocenters. The number of nitrogens with zero attached hydrogens (tertiary/aromatic N) is 2. The molecular weight excluding hydrogens is 195 g/mol. The largest absolute Gasteiger partial charge is 0.390 e. The average molecular weight is 204 g/mol. The summed E-state index contributed by atoms with van der Waals surface area (Å²) in [5.41, 5.74) is 1.12. The number of aromatic nitrogens is 2. The summed E-state index contributed by atoms with van der Waals surface area (Å²) in [4.78, 5) is 8.08. The van der Waals surface area contributed by atoms with E-state index in [-0.39, 0.29) is 12.4 Å². The summed E-state index contributed by atoms with van der Waals surface area (Å²) in [6.07, 6.45) is 1.54. The zero-order chi connectivity index (χ0) is 10.7. The van der Waals surface area contributed by atoms with Crippen molar-refractivity contribution in [1.82, 2.24) is 9.97 Å². The third kappa shape index (κ3) is 2.16. The molecule has 0 fully saturated rings. The molecule has 1 N–H and O–H groups in total. The lowest BCUT2D eigenvalue weighted by atomic mass is 10.2. The van der Waals surface area contributed by atoms with Gasteiger partial charge in [-0.25, -0.2) is 14.4 Å². The van der Waals surface area contributed by atoms with Crippen molar-refractivity contribution in [3.63, 3.8) is 0 Å². The number of halogens is 1. The average Bonchev–Trinajstić information content (AvgIpc) is 2.29. The highest BCUT2D eigenvalue weighted by Crippen LogP contribution is 2.15. The van der Waals surface area contributed by atoms with Gasteiger partial charge in [0.15, 0.2) is 5.82 Å². The Morgan fingerprint density at radius 3 is 2.87 bits per heavy atom. The predicted octanol–water partition coefficient (Wildman–Crippen LogP) is 1.77. The Labute approximate surface area is 86.3 Å². The lowest BCUT2D eigenvalue weighted by Gasteiger charge is -2.01. The van der Waals surface area contributed by atoms with E-state index in [0.717, 1.165) is 0 Å². The Kier molecular flexibility index (Phi) is 2.69. The highest BCUT2D eigenvalue weighted by atomic mass is 19.1. The summed E-state index contributed by atoms with van der Waals surface area (Å²) >= 11 is 0. The van der Waals surface area contributed by atoms with Gasteiger partial charge in [-0.1, -0.05) is 12.1 Å². The van der Waals surface area contributed by atoms with Gasteiger partial charge in [-0.2, -0.15) is 0 Å². The zero-order valence-corrected chi connectivity index (χ0v) is 7.89. The molecule has 2 aromatic rings. The maximum atomic E-state index is 12.9. The predicted molar refractivity (Wildman–Crippen MR) is 53.3 cm³/mol. The van der Waals surface area contributed by atoms with E-state index >= 15 is 0 Å². The van der Waals surface area contributed by atoms with Crippen LogP contribution in [0.5, 0.6) is 0 Å². The summed E-state index contributed by atoms with van der Waals surface area (Å²) in [5.74, 6) is 0.0894. The number of aliphatic hydroxyl groups is 1. The van der Waals surface area contributed by atoms with Crippen molar-refractivity contribution in [3.05, 3.63) is 48.0 Å². The van der Waals surface area contributed by atoms with Crippen LogP contribution in [0.4, 0.5) is 4.39 Å². The highest BCUT2D eigenvalue weighted by molar-refractivity contribution is 5.54. The van der Waals surface area contributed by atoms with Crippen LogP contribution in [0.1, 0.15) is 5.69 Å². The summed E-state index contributed by atoms with van der Waals surface area (Å²) in [6.45, 7) is -0.148. The number of hydrogen-bond acceptors (Lipinski definition) is 3. The van der Waals surface area contributed by atoms with Crippen molar-refractivity contribution in [2.24, 2.45) is 0 Å². The summed E-state index contributed by atoms with van der Waals surface area (Å²) < 4.78 is 12.9. The highest BCUT2D eigenvalue weighted by Gasteiger charge is 2.02. The van der Waals surface area contributed by atoms with E-state index < -0.39 is 0 Å². The Hall–Kier alpha value is -1.81. The van der Waals surface area contributed by atoms with Crippen LogP contribution in [0.15, 0.2) is 36.5 Å². The number of rotatable bonds is 2. The molecule has 4 heteroatoms. The van der Waals surface area contributed by atoms with Crippen LogP contribution in [0.2, 0.25) is 0 Å². The van der Waals surface area contributed by atoms with E-state index in [1.54, 1.807) is 24.4 Å². The van der Waals surface area contributed by atoms with Crippen molar-refractivity contribution < 1.29 is 9.50 Å². The van der Waals surface area contributed by atoms with E-state index in [2.05, 4.69) is 9.97 Å². The topological polar surface area (TPSA) is 46.0 Å². The van der Waals surface area contributed by atoms with E-state index in [4.69, 9.17) is 5.11 Å². The number of hydrogen-bond donors (Lipinski definition) is 1. The molecule has 0 atom stereocenters. The molecule has 0 saturated carbocycles. The molecule has 1 aromatic heterocycles. The van der Waals surface area contributed by atoms with Crippen LogP contribution in [0, 0.1) is 5.82 Å². The molecule has 1 aromatic carbocycles. The molecule has 0 bridgehead atoms. The van der Waals surface area contributed by atoms with Crippen LogP contribution in [-0.2, 0) is 6.61 Å². The minimum Gasteiger partial charge on any atom is -0.390 e. The Morgan fingerprint density at radius 1 is 1.27 bits per heavy atom. The van der Waals surface area contributed by atoms with Crippen molar-refractivity contribution in [1.29, 1.82) is 0 Å². The third-order valence-electron chi connectivity index (χ3n) is 1.96. The first kappa shape index (κ1) is 9.73. The molecular formula is C11H9FN2O. The fourth-order valence-electron chi connectivity index (χ4n) is 1.25. The van der Waals surface area contributed by atoms with Crippen molar-refractivity contribution >= 4 is 0 Å². The molecule has 76 valence electrons. The van der Waals surface area contributed by atoms with Gasteiger partial charge in [0, 0.05) is 11.8 Å². The maximum absolute atomic E-state index is 12.9. The molecule has 3 nitrogen and oxygen atoms in total. The van der Waals surface area contributed by atoms with Crippen molar-refractivity contribution in [2.45, 2.75) is 6.61 Å². The second kappa shape index (κ2) is 4.14. The van der Waals surface area contributed by atoms with Crippen LogP contribution < -0.4 is 0 Å². The van der Waals surface area contributed by atoms with Crippen molar-refractivity contribution in [2.75, 3.05) is 0 Å². The summed E-state index contributed by atoms with van der Waals surface area (Å²) in [5, 5.41) is 8.90. The van der Waals surface area contributed by atoms with Gasteiger partial charge in [0.1, 0.15) is 5.82 Å². The number of benzene rings is 1. The Morgan fingerprint density at radius 2 is 2.13 bits per heavy atom. The lowest BCUT2D eigenvalue weighted by Crippen LogP contribution is -1.94. The van der Waals surface area contributed by atoms with E-state index in [9.17, 15) is 4.39 Å². The first-order valence-electron chi connectivity index (χ1n) is 4.48. The van der Waals surface area contributed by atoms with Crippen molar-refractivity contribution in [3.8, 4) is 11.4 Å². The lowest BCUT2D eigenvalue weighted by molar-refractivity contribution is 0.277. The van der Waals surface area contributed by atoms with Gasteiger partial charge in [0.25, 0.3) is 0 Å². The molecule has 2 rings (SSSR count). The van der Waals surface area contributed by atoms with Crippen LogP contribution in [0.3, 0.4) is 0 Å². The maximum Gasteiger partial charge on any atom is 0.159 e. The van der Waals surface area contributed by atoms with E-state index in [1.165, 1.54) is 12.1 Å². The molecule has 0 radical (unpaired) electrons. The van der Waals surface area contributed by atoms with Gasteiger partial charge in [0.2, 0.25) is 0 Å². The minimum absolute atomic E-state index is 0.148. The first-order valence-corrected chi connectivity index (χ1v) is 4.48. The first-order chi connectivity index (χ1) is 7.29. The monoisotopic (exact) mass is 204 g/mol. The quantitative estimate of drug-likeness (QED) is 0.810. The molecule has 15 heavy (non-hydrogen) atoms. The standard InChI is InChI=1S/C11H9FN2O/c12-9-3-1-2-8(6-9)11-13-5-4-10(7-15)14-11/h1-6,15H,7H2. The summed E-state index contributed by atoms with van der Waals surface area (Å²) in [7, 11) is 0. The smallest absolute Gasteiger partial charge is 0.159 e. The number of aliphatic hydroxyl groups excluding tert-OH is 1. The fraction of sp³-hybridized carbons (Fsp3) is 0.0909. The van der Waals surface area contributed by atoms with Crippen LogP contribution in [-0.4, -0.2) is 15.1 Å². The fourth-order valence-corrected chi connectivity index (χ4v) is 1.25. The third-order valence-corrected chi connectivity index (χ3v) is 1.96. The molecule has 0 spiro atoms. The summed E-state index contributed by atoms with van der Waals surface area (Å²) in [6, 6.07) is 7.65. The molecule has 0 aliphatic carbocycles. The zero-order valence-electron chi connectivity index (χ0n) is 7.89. The van der Waals surface area contributed by atoms with E-state index in [0.29, 0.717) is 17.1 Å². The van der Waals surface area contributed by atoms with Gasteiger partial charge < -0.3 is 5.11 Å². The molecule has 0 aliphatic heterocycles. The van der Waals surface area contributed by atoms with Gasteiger partial charge >= 0.3 is 0 Å². The van der Waals surface area contributed by atoms with Crippen LogP contribution >= 0.6 is 0 Å². The second-order valence-electron chi connectivity index (χ2n) is 3.04. The van der Waals surface area contributed by atoms with Gasteiger partial charge in [-0.05, 0) is 18.2 Å². The normalized spacial score (nSPS) is 10.3. The minimum atomic E-state index is -0.328. The molecule has 0 amide bonds. The van der Waals surface area contributed by atoms with Gasteiger partial charge in [-0.3, -0.25) is 0 Å². The van der Waals surface area contributed by atoms with E-state index in [1.807, 2.05) is 0 Å². The second-order valence-corrected chi connectivity index (χ2v) is 3.04. The van der Waals surface area contributed by atoms with Crippen LogP contribution in [0.25, 0.3) is 11.4 Å². The Balaban J connectivity index is 2.44. The molecule has 1 heterocycles. The van der Waals surface area contributed by atoms with Gasteiger partial charge in [0.05, 0.1) is 12.3 Å². The SMILES string of the molecule is OCc1ccnc(-c2cccc(F)c2)n1. The molecule has 0 saturated heterocycles. The molecule has 0 aliphatic rings.